The van der Waals surface area contributed by atoms with Crippen molar-refractivity contribution in [1.82, 2.24) is 4.90 Å². The van der Waals surface area contributed by atoms with E-state index in [1.165, 1.54) is 26.4 Å². The first-order valence-corrected chi connectivity index (χ1v) is 6.51. The van der Waals surface area contributed by atoms with Gasteiger partial charge in [-0.2, -0.15) is 0 Å². The molecule has 0 aromatic carbocycles. The molecule has 1 aliphatic heterocycles. The molecule has 1 aliphatic rings. The Morgan fingerprint density at radius 2 is 2.24 bits per heavy atom. The summed E-state index contributed by atoms with van der Waals surface area (Å²) in [6.07, 6.45) is 4.43. The summed E-state index contributed by atoms with van der Waals surface area (Å²) in [7, 11) is 1.39. The largest absolute Gasteiger partial charge is 0.468 e. The zero-order valence-electron chi connectivity index (χ0n) is 11.5. The van der Waals surface area contributed by atoms with Gasteiger partial charge in [-0.15, -0.1) is 0 Å². The maximum atomic E-state index is 11.6. The predicted octanol–water partition coefficient (Wildman–Crippen LogP) is 1.53. The van der Waals surface area contributed by atoms with E-state index < -0.39 is 5.54 Å². The Morgan fingerprint density at radius 1 is 1.59 bits per heavy atom. The molecule has 0 saturated carbocycles. The molecule has 17 heavy (non-hydrogen) atoms. The Labute approximate surface area is 104 Å². The second-order valence-corrected chi connectivity index (χ2v) is 5.54. The third kappa shape index (κ3) is 3.68. The van der Waals surface area contributed by atoms with Gasteiger partial charge in [-0.3, -0.25) is 9.69 Å². The summed E-state index contributed by atoms with van der Waals surface area (Å²) in [5.74, 6) is -0.325. The van der Waals surface area contributed by atoms with Crippen LogP contribution in [0.15, 0.2) is 0 Å². The van der Waals surface area contributed by atoms with Gasteiger partial charge in [-0.25, -0.2) is 0 Å². The third-order valence-electron chi connectivity index (χ3n) is 3.79. The highest BCUT2D eigenvalue weighted by Crippen LogP contribution is 2.23. The van der Waals surface area contributed by atoms with E-state index in [-0.39, 0.29) is 5.97 Å². The van der Waals surface area contributed by atoms with Gasteiger partial charge in [-0.05, 0) is 46.6 Å². The van der Waals surface area contributed by atoms with Gasteiger partial charge in [0.15, 0.2) is 0 Å². The van der Waals surface area contributed by atoms with Crippen molar-refractivity contribution in [2.24, 2.45) is 5.73 Å². The van der Waals surface area contributed by atoms with Crippen molar-refractivity contribution in [3.05, 3.63) is 0 Å². The van der Waals surface area contributed by atoms with E-state index in [0.717, 1.165) is 6.54 Å². The van der Waals surface area contributed by atoms with Gasteiger partial charge < -0.3 is 10.5 Å². The molecule has 1 saturated heterocycles. The molecule has 1 rings (SSSR count). The number of hydrogen-bond donors (Lipinski definition) is 1. The van der Waals surface area contributed by atoms with Crippen LogP contribution >= 0.6 is 0 Å². The number of carbonyl (C=O) groups excluding carboxylic acids is 1. The van der Waals surface area contributed by atoms with Gasteiger partial charge in [0.05, 0.1) is 7.11 Å². The van der Waals surface area contributed by atoms with Crippen LogP contribution < -0.4 is 5.73 Å². The summed E-state index contributed by atoms with van der Waals surface area (Å²) in [4.78, 5) is 14.0. The van der Waals surface area contributed by atoms with Crippen LogP contribution in [-0.4, -0.2) is 42.1 Å². The fraction of sp³-hybridized carbons (Fsp3) is 0.923. The van der Waals surface area contributed by atoms with Gasteiger partial charge in [0.2, 0.25) is 0 Å². The van der Waals surface area contributed by atoms with E-state index in [1.807, 2.05) is 0 Å². The lowest BCUT2D eigenvalue weighted by molar-refractivity contribution is -0.147. The molecule has 3 unspecified atom stereocenters. The molecule has 3 atom stereocenters. The van der Waals surface area contributed by atoms with Crippen molar-refractivity contribution in [2.45, 2.75) is 64.1 Å². The zero-order valence-corrected chi connectivity index (χ0v) is 11.5. The van der Waals surface area contributed by atoms with E-state index in [0.29, 0.717) is 18.5 Å². The molecule has 0 radical (unpaired) electrons. The summed E-state index contributed by atoms with van der Waals surface area (Å²) in [6.45, 7) is 7.26. The van der Waals surface area contributed by atoms with Crippen molar-refractivity contribution in [1.29, 1.82) is 0 Å². The summed E-state index contributed by atoms with van der Waals surface area (Å²) >= 11 is 0. The van der Waals surface area contributed by atoms with Crippen molar-refractivity contribution < 1.29 is 9.53 Å². The lowest BCUT2D eigenvalue weighted by Crippen LogP contribution is -2.53. The lowest BCUT2D eigenvalue weighted by Gasteiger charge is -2.40. The topological polar surface area (TPSA) is 55.6 Å². The van der Waals surface area contributed by atoms with E-state index in [9.17, 15) is 4.79 Å². The van der Waals surface area contributed by atoms with Crippen molar-refractivity contribution in [2.75, 3.05) is 13.7 Å². The Bertz CT molecular complexity index is 266. The lowest BCUT2D eigenvalue weighted by atomic mass is 9.91. The smallest absolute Gasteiger partial charge is 0.325 e. The second-order valence-electron chi connectivity index (χ2n) is 5.54. The molecule has 0 aromatic rings. The quantitative estimate of drug-likeness (QED) is 0.760. The first kappa shape index (κ1) is 14.5. The maximum absolute atomic E-state index is 11.6. The Balaban J connectivity index is 2.58. The molecule has 0 spiro atoms. The fourth-order valence-electron chi connectivity index (χ4n) is 2.82. The summed E-state index contributed by atoms with van der Waals surface area (Å²) < 4.78 is 4.75. The van der Waals surface area contributed by atoms with Gasteiger partial charge in [0.25, 0.3) is 0 Å². The first-order valence-electron chi connectivity index (χ1n) is 6.51. The van der Waals surface area contributed by atoms with Crippen LogP contribution in [0.2, 0.25) is 0 Å². The standard InChI is InChI=1S/C13H26N2O2/c1-10-7-5-6-8-15(10)11(2)9-13(3,14)12(16)17-4/h10-11H,5-9,14H2,1-4H3. The minimum atomic E-state index is -0.884. The van der Waals surface area contributed by atoms with Crippen LogP contribution in [0.4, 0.5) is 0 Å². The maximum Gasteiger partial charge on any atom is 0.325 e. The van der Waals surface area contributed by atoms with Gasteiger partial charge in [-0.1, -0.05) is 6.42 Å². The molecule has 0 aromatic heterocycles. The molecular formula is C13H26N2O2. The van der Waals surface area contributed by atoms with E-state index in [4.69, 9.17) is 10.5 Å². The molecule has 4 heteroatoms. The Hall–Kier alpha value is -0.610. The highest BCUT2D eigenvalue weighted by Gasteiger charge is 2.34. The van der Waals surface area contributed by atoms with Gasteiger partial charge in [0, 0.05) is 12.1 Å². The number of hydrogen-bond acceptors (Lipinski definition) is 4. The van der Waals surface area contributed by atoms with Crippen molar-refractivity contribution in [3.8, 4) is 0 Å². The van der Waals surface area contributed by atoms with Gasteiger partial charge in [0.1, 0.15) is 5.54 Å². The number of carbonyl (C=O) groups is 1. The van der Waals surface area contributed by atoms with Gasteiger partial charge >= 0.3 is 5.97 Å². The van der Waals surface area contributed by atoms with Crippen LogP contribution in [-0.2, 0) is 9.53 Å². The highest BCUT2D eigenvalue weighted by atomic mass is 16.5. The number of esters is 1. The molecule has 1 heterocycles. The molecule has 0 aliphatic carbocycles. The number of nitrogens with zero attached hydrogens (tertiary/aromatic N) is 1. The number of nitrogens with two attached hydrogens (primary N) is 1. The molecule has 0 bridgehead atoms. The van der Waals surface area contributed by atoms with E-state index in [2.05, 4.69) is 18.7 Å². The normalized spacial score (nSPS) is 27.2. The van der Waals surface area contributed by atoms with E-state index in [1.54, 1.807) is 6.92 Å². The average Bonchev–Trinajstić information content (AvgIpc) is 2.27. The summed E-state index contributed by atoms with van der Waals surface area (Å²) in [5, 5.41) is 0. The van der Waals surface area contributed by atoms with E-state index >= 15 is 0 Å². The summed E-state index contributed by atoms with van der Waals surface area (Å²) in [5.41, 5.74) is 5.14. The molecule has 4 nitrogen and oxygen atoms in total. The number of piperidine rings is 1. The Morgan fingerprint density at radius 3 is 2.76 bits per heavy atom. The minimum absolute atomic E-state index is 0.319. The Kier molecular flexibility index (Phi) is 4.95. The van der Waals surface area contributed by atoms with Crippen LogP contribution in [0.25, 0.3) is 0 Å². The van der Waals surface area contributed by atoms with Crippen molar-refractivity contribution in [3.63, 3.8) is 0 Å². The third-order valence-corrected chi connectivity index (χ3v) is 3.79. The fourth-order valence-corrected chi connectivity index (χ4v) is 2.82. The second kappa shape index (κ2) is 5.83. The zero-order chi connectivity index (χ0) is 13.1. The molecule has 100 valence electrons. The molecule has 2 N–H and O–H groups in total. The van der Waals surface area contributed by atoms with Crippen molar-refractivity contribution >= 4 is 5.97 Å². The average molecular weight is 242 g/mol. The van der Waals surface area contributed by atoms with Crippen LogP contribution in [0, 0.1) is 0 Å². The molecular weight excluding hydrogens is 216 g/mol. The predicted molar refractivity (Wildman–Crippen MR) is 68.7 cm³/mol. The van der Waals surface area contributed by atoms with Crippen LogP contribution in [0.5, 0.6) is 0 Å². The molecule has 1 fully saturated rings. The number of methoxy groups -OCH3 is 1. The number of ether oxygens (including phenoxy) is 1. The SMILES string of the molecule is COC(=O)C(C)(N)CC(C)N1CCCCC1C. The number of likely N-dealkylation sites (tertiary alicyclic amines) is 1. The minimum Gasteiger partial charge on any atom is -0.468 e. The summed E-state index contributed by atoms with van der Waals surface area (Å²) in [6, 6.07) is 0.909. The first-order chi connectivity index (χ1) is 7.88. The molecule has 0 amide bonds. The number of rotatable bonds is 4. The monoisotopic (exact) mass is 242 g/mol. The highest BCUT2D eigenvalue weighted by molar-refractivity contribution is 5.79. The van der Waals surface area contributed by atoms with Crippen LogP contribution in [0.3, 0.4) is 0 Å². The van der Waals surface area contributed by atoms with Crippen LogP contribution in [0.1, 0.15) is 46.5 Å².